The van der Waals surface area contributed by atoms with E-state index in [0.29, 0.717) is 0 Å². The van der Waals surface area contributed by atoms with Gasteiger partial charge in [0.25, 0.3) is 0 Å². The highest BCUT2D eigenvalue weighted by atomic mass is 35.5. The van der Waals surface area contributed by atoms with Crippen molar-refractivity contribution in [1.29, 1.82) is 0 Å². The Hall–Kier alpha value is -1.46. The molecule has 1 saturated carbocycles. The van der Waals surface area contributed by atoms with Crippen LogP contribution in [0.3, 0.4) is 0 Å². The maximum absolute atomic E-state index is 6.29. The molecule has 1 aromatic carbocycles. The molecule has 0 radical (unpaired) electrons. The summed E-state index contributed by atoms with van der Waals surface area (Å²) >= 11 is 6.29. The average molecular weight is 334 g/mol. The average Bonchev–Trinajstić information content (AvgIpc) is 3.00. The summed E-state index contributed by atoms with van der Waals surface area (Å²) < 4.78 is 1.87. The molecule has 124 valence electrons. The molecule has 0 spiro atoms. The first kappa shape index (κ1) is 16.4. The lowest BCUT2D eigenvalue weighted by Gasteiger charge is -2.43. The van der Waals surface area contributed by atoms with E-state index in [1.807, 2.05) is 29.8 Å². The van der Waals surface area contributed by atoms with Gasteiger partial charge in [-0.3, -0.25) is 4.90 Å². The van der Waals surface area contributed by atoms with Crippen LogP contribution in [0.25, 0.3) is 5.69 Å². The Morgan fingerprint density at radius 2 is 1.96 bits per heavy atom. The van der Waals surface area contributed by atoms with E-state index in [0.717, 1.165) is 40.9 Å². The predicted octanol–water partition coefficient (Wildman–Crippen LogP) is 3.59. The molecule has 3 rings (SSSR count). The molecule has 5 nitrogen and oxygen atoms in total. The van der Waals surface area contributed by atoms with Crippen LogP contribution in [0.5, 0.6) is 0 Å². The largest absolute Gasteiger partial charge is 0.297 e. The molecule has 0 amide bonds. The van der Waals surface area contributed by atoms with E-state index in [9.17, 15) is 0 Å². The van der Waals surface area contributed by atoms with E-state index >= 15 is 0 Å². The van der Waals surface area contributed by atoms with Crippen LogP contribution in [0.4, 0.5) is 0 Å². The second kappa shape index (κ2) is 6.21. The van der Waals surface area contributed by atoms with Crippen LogP contribution in [0.2, 0.25) is 5.02 Å². The van der Waals surface area contributed by atoms with Crippen molar-refractivity contribution < 1.29 is 0 Å². The Morgan fingerprint density at radius 1 is 1.26 bits per heavy atom. The van der Waals surface area contributed by atoms with Gasteiger partial charge in [0.05, 0.1) is 11.2 Å². The molecule has 2 aromatic rings. The number of benzene rings is 1. The Bertz CT molecular complexity index is 686. The number of rotatable bonds is 3. The number of hydrogen-bond donors (Lipinski definition) is 0. The van der Waals surface area contributed by atoms with Crippen molar-refractivity contribution in [3.8, 4) is 5.69 Å². The van der Waals surface area contributed by atoms with E-state index in [2.05, 4.69) is 41.4 Å². The molecule has 1 heterocycles. The van der Waals surface area contributed by atoms with Crippen LogP contribution < -0.4 is 0 Å². The fourth-order valence-electron chi connectivity index (χ4n) is 3.58. The Morgan fingerprint density at radius 3 is 2.61 bits per heavy atom. The minimum absolute atomic E-state index is 0.120. The first-order valence-electron chi connectivity index (χ1n) is 8.17. The zero-order chi connectivity index (χ0) is 16.6. The van der Waals surface area contributed by atoms with Crippen LogP contribution in [0, 0.1) is 12.8 Å². The van der Waals surface area contributed by atoms with Crippen LogP contribution in [-0.2, 0) is 5.54 Å². The minimum Gasteiger partial charge on any atom is -0.297 e. The van der Waals surface area contributed by atoms with E-state index in [-0.39, 0.29) is 5.54 Å². The van der Waals surface area contributed by atoms with Crippen molar-refractivity contribution in [2.24, 2.45) is 5.92 Å². The second-order valence-corrected chi connectivity index (χ2v) is 7.31. The third-order valence-corrected chi connectivity index (χ3v) is 5.72. The van der Waals surface area contributed by atoms with Crippen molar-refractivity contribution in [2.45, 2.75) is 45.1 Å². The highest BCUT2D eigenvalue weighted by Crippen LogP contribution is 2.42. The number of tetrazole rings is 1. The summed E-state index contributed by atoms with van der Waals surface area (Å²) in [5.74, 6) is 1.68. The molecule has 0 atom stereocenters. The Balaban J connectivity index is 2.10. The number of aromatic nitrogens is 4. The molecule has 0 saturated heterocycles. The van der Waals surface area contributed by atoms with Crippen LogP contribution in [-0.4, -0.2) is 39.2 Å². The molecule has 0 bridgehead atoms. The molecule has 6 heteroatoms. The molecular weight excluding hydrogens is 310 g/mol. The molecule has 23 heavy (non-hydrogen) atoms. The molecule has 1 aliphatic carbocycles. The van der Waals surface area contributed by atoms with Gasteiger partial charge >= 0.3 is 0 Å². The maximum Gasteiger partial charge on any atom is 0.176 e. The lowest BCUT2D eigenvalue weighted by atomic mass is 9.75. The molecule has 1 aliphatic rings. The predicted molar refractivity (Wildman–Crippen MR) is 91.9 cm³/mol. The fourth-order valence-corrected chi connectivity index (χ4v) is 3.75. The van der Waals surface area contributed by atoms with Crippen LogP contribution in [0.1, 0.15) is 44.0 Å². The van der Waals surface area contributed by atoms with Crippen molar-refractivity contribution in [1.82, 2.24) is 25.1 Å². The van der Waals surface area contributed by atoms with Gasteiger partial charge in [-0.25, -0.2) is 0 Å². The van der Waals surface area contributed by atoms with Gasteiger partial charge in [0.2, 0.25) is 0 Å². The number of nitrogens with zero attached hydrogens (tertiary/aromatic N) is 5. The Kier molecular flexibility index (Phi) is 4.43. The molecular formula is C17H24ClN5. The molecule has 0 aliphatic heterocycles. The van der Waals surface area contributed by atoms with Gasteiger partial charge in [-0.05, 0) is 80.7 Å². The standard InChI is InChI=1S/C17H24ClN5/c1-12-8-10-17(11-9-12,22(3)4)16-19-20-21-23(16)15-7-5-6-14(18)13(15)2/h5-7,12H,8-11H2,1-4H3. The third kappa shape index (κ3) is 2.76. The summed E-state index contributed by atoms with van der Waals surface area (Å²) in [6.07, 6.45) is 4.53. The van der Waals surface area contributed by atoms with Crippen molar-refractivity contribution in [3.05, 3.63) is 34.6 Å². The number of halogens is 1. The topological polar surface area (TPSA) is 46.8 Å². The monoisotopic (exact) mass is 333 g/mol. The minimum atomic E-state index is -0.120. The van der Waals surface area contributed by atoms with Gasteiger partial charge in [0.1, 0.15) is 0 Å². The first-order chi connectivity index (χ1) is 11.0. The van der Waals surface area contributed by atoms with Gasteiger partial charge in [0, 0.05) is 5.02 Å². The lowest BCUT2D eigenvalue weighted by molar-refractivity contribution is 0.0698. The van der Waals surface area contributed by atoms with E-state index in [1.54, 1.807) is 0 Å². The molecule has 0 unspecified atom stereocenters. The van der Waals surface area contributed by atoms with E-state index in [4.69, 9.17) is 11.6 Å². The summed E-state index contributed by atoms with van der Waals surface area (Å²) in [6, 6.07) is 5.87. The maximum atomic E-state index is 6.29. The summed E-state index contributed by atoms with van der Waals surface area (Å²) in [5.41, 5.74) is 1.84. The van der Waals surface area contributed by atoms with Crippen LogP contribution >= 0.6 is 11.6 Å². The highest BCUT2D eigenvalue weighted by Gasteiger charge is 2.42. The van der Waals surface area contributed by atoms with Gasteiger partial charge in [-0.1, -0.05) is 24.6 Å². The lowest BCUT2D eigenvalue weighted by Crippen LogP contribution is -2.46. The zero-order valence-electron chi connectivity index (χ0n) is 14.3. The van der Waals surface area contributed by atoms with Gasteiger partial charge in [-0.15, -0.1) is 5.10 Å². The SMILES string of the molecule is Cc1c(Cl)cccc1-n1nnnc1C1(N(C)C)CCC(C)CC1. The summed E-state index contributed by atoms with van der Waals surface area (Å²) in [7, 11) is 4.25. The van der Waals surface area contributed by atoms with Crippen molar-refractivity contribution >= 4 is 11.6 Å². The molecule has 1 fully saturated rings. The summed E-state index contributed by atoms with van der Waals surface area (Å²) in [4.78, 5) is 2.28. The quantitative estimate of drug-likeness (QED) is 0.861. The molecule has 1 aromatic heterocycles. The Labute approximate surface area is 142 Å². The van der Waals surface area contributed by atoms with Gasteiger partial charge in [0.15, 0.2) is 5.82 Å². The van der Waals surface area contributed by atoms with Gasteiger partial charge in [-0.2, -0.15) is 4.68 Å². The number of hydrogen-bond acceptors (Lipinski definition) is 4. The summed E-state index contributed by atoms with van der Waals surface area (Å²) in [5, 5.41) is 13.4. The highest BCUT2D eigenvalue weighted by molar-refractivity contribution is 6.31. The normalized spacial score (nSPS) is 25.0. The van der Waals surface area contributed by atoms with Crippen LogP contribution in [0.15, 0.2) is 18.2 Å². The zero-order valence-corrected chi connectivity index (χ0v) is 15.0. The van der Waals surface area contributed by atoms with Gasteiger partial charge < -0.3 is 0 Å². The van der Waals surface area contributed by atoms with E-state index in [1.165, 1.54) is 12.8 Å². The van der Waals surface area contributed by atoms with E-state index < -0.39 is 0 Å². The van der Waals surface area contributed by atoms with Crippen molar-refractivity contribution in [2.75, 3.05) is 14.1 Å². The summed E-state index contributed by atoms with van der Waals surface area (Å²) in [6.45, 7) is 4.33. The van der Waals surface area contributed by atoms with Crippen molar-refractivity contribution in [3.63, 3.8) is 0 Å². The fraction of sp³-hybridized carbons (Fsp3) is 0.588. The second-order valence-electron chi connectivity index (χ2n) is 6.91. The third-order valence-electron chi connectivity index (χ3n) is 5.31. The smallest absolute Gasteiger partial charge is 0.176 e. The molecule has 0 N–H and O–H groups in total. The first-order valence-corrected chi connectivity index (χ1v) is 8.55.